The summed E-state index contributed by atoms with van der Waals surface area (Å²) in [6.07, 6.45) is 1.68. The SMILES string of the molecule is O=C1N/C(=C/c2ccc(OCc3ccc(Br)cc3)c(I)c2)C(=O)N1Cc1ccc(Br)cc1. The van der Waals surface area contributed by atoms with Crippen molar-refractivity contribution >= 4 is 72.5 Å². The number of carbonyl (C=O) groups is 2. The lowest BCUT2D eigenvalue weighted by atomic mass is 10.1. The Balaban J connectivity index is 1.44. The van der Waals surface area contributed by atoms with Gasteiger partial charge in [-0.15, -0.1) is 0 Å². The minimum absolute atomic E-state index is 0.218. The maximum absolute atomic E-state index is 12.8. The van der Waals surface area contributed by atoms with Gasteiger partial charge < -0.3 is 10.1 Å². The number of amides is 3. The molecule has 5 nitrogen and oxygen atoms in total. The molecule has 0 unspecified atom stereocenters. The molecule has 1 fully saturated rings. The predicted octanol–water partition coefficient (Wildman–Crippen LogP) is 6.49. The summed E-state index contributed by atoms with van der Waals surface area (Å²) in [6.45, 7) is 0.679. The van der Waals surface area contributed by atoms with Crippen LogP contribution < -0.4 is 10.1 Å². The molecular weight excluding hydrogens is 651 g/mol. The Morgan fingerprint density at radius 3 is 2.16 bits per heavy atom. The van der Waals surface area contributed by atoms with E-state index in [0.717, 1.165) is 35.0 Å². The first-order chi connectivity index (χ1) is 15.4. The van der Waals surface area contributed by atoms with E-state index in [9.17, 15) is 9.59 Å². The molecule has 3 amide bonds. The third-order valence-electron chi connectivity index (χ3n) is 4.79. The number of imide groups is 1. The number of ether oxygens (including phenoxy) is 1. The first kappa shape index (κ1) is 23.0. The Labute approximate surface area is 216 Å². The quantitative estimate of drug-likeness (QED) is 0.186. The Kier molecular flexibility index (Phi) is 7.32. The number of benzene rings is 3. The van der Waals surface area contributed by atoms with E-state index in [1.807, 2.05) is 66.7 Å². The van der Waals surface area contributed by atoms with Gasteiger partial charge >= 0.3 is 6.03 Å². The highest BCUT2D eigenvalue weighted by Crippen LogP contribution is 2.25. The molecule has 1 heterocycles. The van der Waals surface area contributed by atoms with Gasteiger partial charge in [-0.2, -0.15) is 0 Å². The van der Waals surface area contributed by atoms with E-state index in [-0.39, 0.29) is 18.1 Å². The monoisotopic (exact) mass is 666 g/mol. The molecule has 8 heteroatoms. The highest BCUT2D eigenvalue weighted by Gasteiger charge is 2.33. The number of urea groups is 1. The Hall–Kier alpha value is -2.17. The predicted molar refractivity (Wildman–Crippen MR) is 139 cm³/mol. The normalized spacial score (nSPS) is 14.7. The van der Waals surface area contributed by atoms with Crippen LogP contribution in [0.25, 0.3) is 6.08 Å². The fraction of sp³-hybridized carbons (Fsp3) is 0.0833. The van der Waals surface area contributed by atoms with Crippen molar-refractivity contribution in [2.45, 2.75) is 13.2 Å². The average Bonchev–Trinajstić information content (AvgIpc) is 3.03. The molecule has 4 rings (SSSR count). The maximum atomic E-state index is 12.8. The molecule has 3 aromatic carbocycles. The van der Waals surface area contributed by atoms with E-state index in [1.54, 1.807) is 6.08 Å². The van der Waals surface area contributed by atoms with E-state index in [2.05, 4.69) is 59.8 Å². The fourth-order valence-corrected chi connectivity index (χ4v) is 4.34. The van der Waals surface area contributed by atoms with E-state index in [1.165, 1.54) is 4.90 Å². The number of rotatable bonds is 6. The van der Waals surface area contributed by atoms with Gasteiger partial charge in [-0.3, -0.25) is 9.69 Å². The second-order valence-corrected chi connectivity index (χ2v) is 10.1. The Morgan fingerprint density at radius 2 is 1.53 bits per heavy atom. The number of nitrogens with zero attached hydrogens (tertiary/aromatic N) is 1. The van der Waals surface area contributed by atoms with Gasteiger partial charge in [0.05, 0.1) is 10.1 Å². The molecule has 0 bridgehead atoms. The van der Waals surface area contributed by atoms with Crippen LogP contribution in [0.15, 0.2) is 81.4 Å². The van der Waals surface area contributed by atoms with E-state index in [0.29, 0.717) is 6.61 Å². The van der Waals surface area contributed by atoms with Crippen LogP contribution >= 0.6 is 54.5 Å². The summed E-state index contributed by atoms with van der Waals surface area (Å²) in [5.41, 5.74) is 3.01. The van der Waals surface area contributed by atoms with Crippen LogP contribution in [-0.2, 0) is 17.9 Å². The molecule has 0 atom stereocenters. The molecule has 0 radical (unpaired) electrons. The molecule has 1 N–H and O–H groups in total. The molecule has 1 saturated heterocycles. The highest BCUT2D eigenvalue weighted by molar-refractivity contribution is 14.1. The van der Waals surface area contributed by atoms with Crippen molar-refractivity contribution in [1.29, 1.82) is 0 Å². The van der Waals surface area contributed by atoms with Crippen molar-refractivity contribution in [1.82, 2.24) is 10.2 Å². The van der Waals surface area contributed by atoms with Gasteiger partial charge in [-0.05, 0) is 81.8 Å². The van der Waals surface area contributed by atoms with Gasteiger partial charge in [0.2, 0.25) is 0 Å². The van der Waals surface area contributed by atoms with Crippen LogP contribution in [0.2, 0.25) is 0 Å². The average molecular weight is 668 g/mol. The van der Waals surface area contributed by atoms with Crippen LogP contribution in [0.5, 0.6) is 5.75 Å². The van der Waals surface area contributed by atoms with Crippen LogP contribution in [0.3, 0.4) is 0 Å². The van der Waals surface area contributed by atoms with Crippen LogP contribution in [0.1, 0.15) is 16.7 Å². The largest absolute Gasteiger partial charge is 0.488 e. The maximum Gasteiger partial charge on any atom is 0.329 e. The third-order valence-corrected chi connectivity index (χ3v) is 6.69. The lowest BCUT2D eigenvalue weighted by molar-refractivity contribution is -0.123. The summed E-state index contributed by atoms with van der Waals surface area (Å²) in [6, 6.07) is 20.7. The van der Waals surface area contributed by atoms with E-state index >= 15 is 0 Å². The summed E-state index contributed by atoms with van der Waals surface area (Å²) in [7, 11) is 0. The second kappa shape index (κ2) is 10.2. The van der Waals surface area contributed by atoms with Crippen LogP contribution in [0, 0.1) is 3.57 Å². The van der Waals surface area contributed by atoms with Gasteiger partial charge in [-0.25, -0.2) is 4.79 Å². The minimum atomic E-state index is -0.423. The van der Waals surface area contributed by atoms with Gasteiger partial charge in [0, 0.05) is 8.95 Å². The first-order valence-electron chi connectivity index (χ1n) is 9.65. The topological polar surface area (TPSA) is 58.6 Å². The molecule has 0 spiro atoms. The van der Waals surface area contributed by atoms with Gasteiger partial charge in [0.1, 0.15) is 18.1 Å². The number of hydrogen-bond donors (Lipinski definition) is 1. The molecule has 1 aliphatic heterocycles. The molecule has 162 valence electrons. The lowest BCUT2D eigenvalue weighted by Gasteiger charge is -2.11. The summed E-state index contributed by atoms with van der Waals surface area (Å²) < 4.78 is 8.81. The Morgan fingerprint density at radius 1 is 0.906 bits per heavy atom. The van der Waals surface area contributed by atoms with Crippen molar-refractivity contribution in [3.63, 3.8) is 0 Å². The van der Waals surface area contributed by atoms with E-state index in [4.69, 9.17) is 4.74 Å². The second-order valence-electron chi connectivity index (χ2n) is 7.11. The van der Waals surface area contributed by atoms with Gasteiger partial charge in [0.25, 0.3) is 5.91 Å². The van der Waals surface area contributed by atoms with Crippen molar-refractivity contribution in [2.75, 3.05) is 0 Å². The van der Waals surface area contributed by atoms with Crippen molar-refractivity contribution in [3.8, 4) is 5.75 Å². The van der Waals surface area contributed by atoms with E-state index < -0.39 is 6.03 Å². The fourth-order valence-electron chi connectivity index (χ4n) is 3.12. The molecule has 32 heavy (non-hydrogen) atoms. The van der Waals surface area contributed by atoms with Crippen molar-refractivity contribution in [2.24, 2.45) is 0 Å². The standard InChI is InChI=1S/C24H17Br2IN2O3/c25-18-6-1-15(2-7-18)13-29-23(30)21(28-24(29)31)12-17-5-10-22(20(27)11-17)32-14-16-3-8-19(26)9-4-16/h1-12H,13-14H2,(H,28,31)/b21-12+. The summed E-state index contributed by atoms with van der Waals surface area (Å²) in [4.78, 5) is 26.3. The molecule has 1 aliphatic rings. The van der Waals surface area contributed by atoms with Crippen molar-refractivity contribution < 1.29 is 14.3 Å². The zero-order chi connectivity index (χ0) is 22.7. The lowest BCUT2D eigenvalue weighted by Crippen LogP contribution is -2.30. The summed E-state index contributed by atoms with van der Waals surface area (Å²) in [5, 5.41) is 2.67. The van der Waals surface area contributed by atoms with Gasteiger partial charge in [0.15, 0.2) is 0 Å². The highest BCUT2D eigenvalue weighted by atomic mass is 127. The molecular formula is C24H17Br2IN2O3. The van der Waals surface area contributed by atoms with Crippen molar-refractivity contribution in [3.05, 3.63) is 102 Å². The zero-order valence-corrected chi connectivity index (χ0v) is 22.0. The molecule has 3 aromatic rings. The number of nitrogens with one attached hydrogen (secondary N) is 1. The first-order valence-corrected chi connectivity index (χ1v) is 12.3. The summed E-state index contributed by atoms with van der Waals surface area (Å²) >= 11 is 9.01. The summed E-state index contributed by atoms with van der Waals surface area (Å²) in [5.74, 6) is 0.415. The third kappa shape index (κ3) is 5.60. The Bertz CT molecular complexity index is 1190. The zero-order valence-electron chi connectivity index (χ0n) is 16.6. The molecule has 0 aromatic heterocycles. The number of halogens is 3. The van der Waals surface area contributed by atoms with Gasteiger partial charge in [-0.1, -0.05) is 62.2 Å². The number of hydrogen-bond acceptors (Lipinski definition) is 3. The number of carbonyl (C=O) groups excluding carboxylic acids is 2. The molecule has 0 saturated carbocycles. The van der Waals surface area contributed by atoms with Crippen LogP contribution in [0.4, 0.5) is 4.79 Å². The minimum Gasteiger partial charge on any atom is -0.488 e. The van der Waals surface area contributed by atoms with Crippen LogP contribution in [-0.4, -0.2) is 16.8 Å². The molecule has 0 aliphatic carbocycles. The smallest absolute Gasteiger partial charge is 0.329 e.